The van der Waals surface area contributed by atoms with Crippen LogP contribution >= 0.6 is 36.0 Å². The first-order valence-electron chi connectivity index (χ1n) is 8.54. The van der Waals surface area contributed by atoms with Gasteiger partial charge in [-0.3, -0.25) is 4.79 Å². The number of carbonyl (C=O) groups excluding carboxylic acids is 1. The van der Waals surface area contributed by atoms with Gasteiger partial charge in [0.1, 0.15) is 15.1 Å². The molecule has 6 heteroatoms. The zero-order valence-corrected chi connectivity index (χ0v) is 17.1. The molecule has 3 aromatic carbocycles. The molecule has 138 valence electrons. The molecule has 0 spiro atoms. The first kappa shape index (κ1) is 18.9. The molecule has 0 unspecified atom stereocenters. The van der Waals surface area contributed by atoms with E-state index in [1.165, 1.54) is 11.8 Å². The van der Waals surface area contributed by atoms with Crippen molar-refractivity contribution in [2.24, 2.45) is 5.10 Å². The Balaban J connectivity index is 1.84. The fourth-order valence-corrected chi connectivity index (χ4v) is 4.30. The van der Waals surface area contributed by atoms with E-state index in [2.05, 4.69) is 30.8 Å². The van der Waals surface area contributed by atoms with Crippen molar-refractivity contribution >= 4 is 51.8 Å². The summed E-state index contributed by atoms with van der Waals surface area (Å²) in [6.45, 7) is 0. The lowest BCUT2D eigenvalue weighted by molar-refractivity contribution is -0.107. The van der Waals surface area contributed by atoms with Crippen LogP contribution < -0.4 is 5.01 Å². The van der Waals surface area contributed by atoms with Gasteiger partial charge in [0, 0.05) is 5.56 Å². The molecule has 0 atom stereocenters. The van der Waals surface area contributed by atoms with Gasteiger partial charge in [-0.25, -0.2) is 5.01 Å². The van der Waals surface area contributed by atoms with Crippen LogP contribution in [0.1, 0.15) is 5.56 Å². The third-order valence-electron chi connectivity index (χ3n) is 4.20. The van der Waals surface area contributed by atoms with E-state index in [1.54, 1.807) is 5.01 Å². The van der Waals surface area contributed by atoms with Gasteiger partial charge in [0.15, 0.2) is 0 Å². The van der Waals surface area contributed by atoms with E-state index in [9.17, 15) is 4.79 Å². The largest absolute Gasteiger partial charge is 0.281 e. The summed E-state index contributed by atoms with van der Waals surface area (Å²) in [5.41, 5.74) is 3.97. The first-order valence-corrected chi connectivity index (χ1v) is 10.2. The predicted molar refractivity (Wildman–Crippen MR) is 122 cm³/mol. The summed E-state index contributed by atoms with van der Waals surface area (Å²) in [4.78, 5) is 11.8. The summed E-state index contributed by atoms with van der Waals surface area (Å²) < 4.78 is 0. The number of hydrogen-bond acceptors (Lipinski definition) is 4. The van der Waals surface area contributed by atoms with Crippen LogP contribution in [0.25, 0.3) is 11.1 Å². The molecule has 3 nitrogen and oxygen atoms in total. The van der Waals surface area contributed by atoms with Gasteiger partial charge in [0.25, 0.3) is 0 Å². The molecule has 3 aromatic rings. The van der Waals surface area contributed by atoms with Gasteiger partial charge in [-0.1, -0.05) is 97.0 Å². The lowest BCUT2D eigenvalue weighted by atomic mass is 10.0. The maximum absolute atomic E-state index is 11.8. The van der Waals surface area contributed by atoms with Crippen LogP contribution in [0.15, 0.2) is 100 Å². The van der Waals surface area contributed by atoms with Crippen molar-refractivity contribution in [2.75, 3.05) is 5.01 Å². The van der Waals surface area contributed by atoms with Gasteiger partial charge < -0.3 is 0 Å². The zero-order valence-electron chi connectivity index (χ0n) is 14.6. The van der Waals surface area contributed by atoms with Crippen molar-refractivity contribution in [1.29, 1.82) is 0 Å². The molecule has 0 saturated carbocycles. The van der Waals surface area contributed by atoms with Crippen LogP contribution in [0.4, 0.5) is 5.69 Å². The first-order chi connectivity index (χ1) is 13.6. The third-order valence-corrected chi connectivity index (χ3v) is 6.08. The van der Waals surface area contributed by atoms with E-state index in [0.717, 1.165) is 27.4 Å². The van der Waals surface area contributed by atoms with Crippen LogP contribution in [-0.4, -0.2) is 10.2 Å². The SMILES string of the molecule is O=C(S)/C(Cl)=C1\SC(c2ccccc2-c2ccccc2)=NN1c1ccccc1. The Morgan fingerprint density at radius 3 is 2.07 bits per heavy atom. The van der Waals surface area contributed by atoms with E-state index < -0.39 is 5.12 Å². The van der Waals surface area contributed by atoms with Gasteiger partial charge in [-0.05, 0) is 35.0 Å². The average molecular weight is 423 g/mol. The highest BCUT2D eigenvalue weighted by atomic mass is 35.5. The number of halogens is 1. The third kappa shape index (κ3) is 3.74. The molecule has 0 N–H and O–H groups in total. The zero-order chi connectivity index (χ0) is 19.5. The van der Waals surface area contributed by atoms with Crippen LogP contribution in [0.2, 0.25) is 0 Å². The summed E-state index contributed by atoms with van der Waals surface area (Å²) in [6.07, 6.45) is 0. The Labute approximate surface area is 178 Å². The minimum Gasteiger partial charge on any atom is -0.281 e. The highest BCUT2D eigenvalue weighted by Crippen LogP contribution is 2.41. The van der Waals surface area contributed by atoms with Gasteiger partial charge in [-0.15, -0.1) is 0 Å². The minimum absolute atomic E-state index is 0.0492. The second kappa shape index (κ2) is 8.27. The lowest BCUT2D eigenvalue weighted by Gasteiger charge is -2.15. The number of carbonyl (C=O) groups is 1. The maximum Gasteiger partial charge on any atom is 0.230 e. The molecular weight excluding hydrogens is 408 g/mol. The summed E-state index contributed by atoms with van der Waals surface area (Å²) in [5.74, 6) is 0. The summed E-state index contributed by atoms with van der Waals surface area (Å²) >= 11 is 11.6. The van der Waals surface area contributed by atoms with Crippen molar-refractivity contribution in [1.82, 2.24) is 0 Å². The monoisotopic (exact) mass is 422 g/mol. The Morgan fingerprint density at radius 1 is 0.857 bits per heavy atom. The summed E-state index contributed by atoms with van der Waals surface area (Å²) in [7, 11) is 0. The standard InChI is InChI=1S/C22H15ClN2OS2/c23-19(22(26)27)21-25(16-11-5-2-6-12-16)24-20(28-21)18-14-8-7-13-17(18)15-9-3-1-4-10-15/h1-14H,(H,26,27)/b21-19+. The molecule has 1 heterocycles. The van der Waals surface area contributed by atoms with Crippen LogP contribution in [-0.2, 0) is 4.79 Å². The van der Waals surface area contributed by atoms with E-state index in [1.807, 2.05) is 66.7 Å². The van der Waals surface area contributed by atoms with Crippen molar-refractivity contribution in [3.8, 4) is 11.1 Å². The molecule has 1 aliphatic heterocycles. The lowest BCUT2D eigenvalue weighted by Crippen LogP contribution is -2.11. The molecule has 4 rings (SSSR count). The number of benzene rings is 3. The van der Waals surface area contributed by atoms with Crippen LogP contribution in [0.5, 0.6) is 0 Å². The van der Waals surface area contributed by atoms with E-state index in [4.69, 9.17) is 16.7 Å². The molecule has 0 fully saturated rings. The average Bonchev–Trinajstić information content (AvgIpc) is 3.19. The number of thioether (sulfide) groups is 1. The predicted octanol–water partition coefficient (Wildman–Crippen LogP) is 6.13. The van der Waals surface area contributed by atoms with Crippen LogP contribution in [0, 0.1) is 0 Å². The number of nitrogens with zero attached hydrogens (tertiary/aromatic N) is 2. The topological polar surface area (TPSA) is 32.7 Å². The number of rotatable bonds is 4. The Bertz CT molecular complexity index is 1080. The van der Waals surface area contributed by atoms with Gasteiger partial charge in [-0.2, -0.15) is 5.10 Å². The molecule has 28 heavy (non-hydrogen) atoms. The second-order valence-corrected chi connectivity index (χ2v) is 7.75. The van der Waals surface area contributed by atoms with E-state index in [0.29, 0.717) is 5.03 Å². The van der Waals surface area contributed by atoms with Gasteiger partial charge in [0.05, 0.1) is 5.69 Å². The molecule has 0 aromatic heterocycles. The molecule has 0 saturated heterocycles. The summed E-state index contributed by atoms with van der Waals surface area (Å²) in [5, 5.41) is 7.35. The second-order valence-electron chi connectivity index (χ2n) is 5.99. The number of anilines is 1. The Hall–Kier alpha value is -2.47. The quantitative estimate of drug-likeness (QED) is 0.405. The van der Waals surface area contributed by atoms with Gasteiger partial charge >= 0.3 is 0 Å². The molecule has 0 aliphatic carbocycles. The number of thiol groups is 1. The van der Waals surface area contributed by atoms with Crippen molar-refractivity contribution < 1.29 is 4.79 Å². The smallest absolute Gasteiger partial charge is 0.230 e. The highest BCUT2D eigenvalue weighted by molar-refractivity contribution is 8.18. The molecule has 0 radical (unpaired) electrons. The molecule has 0 amide bonds. The van der Waals surface area contributed by atoms with Crippen molar-refractivity contribution in [2.45, 2.75) is 0 Å². The fraction of sp³-hybridized carbons (Fsp3) is 0. The fourth-order valence-electron chi connectivity index (χ4n) is 2.91. The Kier molecular flexibility index (Phi) is 5.57. The van der Waals surface area contributed by atoms with E-state index >= 15 is 0 Å². The van der Waals surface area contributed by atoms with Crippen LogP contribution in [0.3, 0.4) is 0 Å². The minimum atomic E-state index is -0.488. The molecule has 1 aliphatic rings. The highest BCUT2D eigenvalue weighted by Gasteiger charge is 2.29. The van der Waals surface area contributed by atoms with Crippen molar-refractivity contribution in [3.63, 3.8) is 0 Å². The molecule has 0 bridgehead atoms. The number of para-hydroxylation sites is 1. The van der Waals surface area contributed by atoms with Gasteiger partial charge in [0.2, 0.25) is 5.12 Å². The Morgan fingerprint density at radius 2 is 1.43 bits per heavy atom. The molecular formula is C22H15ClN2OS2. The maximum atomic E-state index is 11.8. The number of hydrogen-bond donors (Lipinski definition) is 1. The van der Waals surface area contributed by atoms with E-state index in [-0.39, 0.29) is 5.03 Å². The normalized spacial score (nSPS) is 15.4. The summed E-state index contributed by atoms with van der Waals surface area (Å²) in [6, 6.07) is 27.8. The van der Waals surface area contributed by atoms with Crippen molar-refractivity contribution in [3.05, 3.63) is 101 Å². The number of hydrazone groups is 1.